The number of nitrogens with zero attached hydrogens (tertiary/aromatic N) is 2. The van der Waals surface area contributed by atoms with Gasteiger partial charge in [-0.1, -0.05) is 18.2 Å². The van der Waals surface area contributed by atoms with Crippen molar-refractivity contribution in [3.05, 3.63) is 83.4 Å². The number of anilines is 2. The summed E-state index contributed by atoms with van der Waals surface area (Å²) in [7, 11) is 0. The van der Waals surface area contributed by atoms with E-state index in [1.54, 1.807) is 0 Å². The number of fused-ring (bicyclic) bond motifs is 1. The molecule has 0 amide bonds. The van der Waals surface area contributed by atoms with Gasteiger partial charge in [0.05, 0.1) is 28.7 Å². The number of carboxylic acids is 1. The number of hydrogen-bond acceptors (Lipinski definition) is 4. The lowest BCUT2D eigenvalue weighted by Gasteiger charge is -2.16. The van der Waals surface area contributed by atoms with Crippen LogP contribution in [0.3, 0.4) is 0 Å². The molecule has 0 bridgehead atoms. The zero-order chi connectivity index (χ0) is 25.4. The number of aromatic carboxylic acids is 1. The molecule has 0 fully saturated rings. The first-order valence-electron chi connectivity index (χ1n) is 10.2. The van der Waals surface area contributed by atoms with E-state index in [1.807, 2.05) is 0 Å². The molecule has 0 aliphatic rings. The van der Waals surface area contributed by atoms with Crippen molar-refractivity contribution in [3.63, 3.8) is 0 Å². The van der Waals surface area contributed by atoms with E-state index in [-0.39, 0.29) is 34.9 Å². The molecule has 0 unspecified atom stereocenters. The maximum absolute atomic E-state index is 13.6. The van der Waals surface area contributed by atoms with Gasteiger partial charge in [0.2, 0.25) is 5.95 Å². The van der Waals surface area contributed by atoms with Crippen LogP contribution < -0.4 is 10.1 Å². The largest absolute Gasteiger partial charge is 0.478 e. The lowest BCUT2D eigenvalue weighted by atomic mass is 10.1. The second-order valence-electron chi connectivity index (χ2n) is 7.74. The third-order valence-electron chi connectivity index (χ3n) is 5.05. The summed E-state index contributed by atoms with van der Waals surface area (Å²) in [5.41, 5.74) is 0.195. The van der Waals surface area contributed by atoms with Gasteiger partial charge in [-0.2, -0.15) is 22.0 Å². The summed E-state index contributed by atoms with van der Waals surface area (Å²) in [6.45, 7) is 0.385. The summed E-state index contributed by atoms with van der Waals surface area (Å²) >= 11 is 0. The predicted molar refractivity (Wildman–Crippen MR) is 118 cm³/mol. The molecular weight excluding hydrogens is 473 g/mol. The number of imidazole rings is 1. The lowest BCUT2D eigenvalue weighted by Crippen LogP contribution is -2.18. The molecule has 4 aromatic rings. The molecule has 1 aromatic heterocycles. The highest BCUT2D eigenvalue weighted by Crippen LogP contribution is 2.34. The second-order valence-corrected chi connectivity index (χ2v) is 7.74. The molecule has 1 heterocycles. The van der Waals surface area contributed by atoms with E-state index < -0.39 is 23.8 Å². The fourth-order valence-electron chi connectivity index (χ4n) is 3.57. The molecule has 0 aliphatic carbocycles. The quantitative estimate of drug-likeness (QED) is 0.287. The van der Waals surface area contributed by atoms with E-state index in [1.165, 1.54) is 65.2 Å². The maximum atomic E-state index is 13.6. The standard InChI is InChI=1S/C24H18F5N3O3/c1-23(25,26)35-17-9-7-16(8-10-17)30-22-31-19-12-14(21(33)34)6-11-20(19)32(22)13-15-4-2-3-5-18(15)24(27,28)29/h2-12H,13H2,1H3,(H,30,31)(H,33,34). The van der Waals surface area contributed by atoms with E-state index in [0.717, 1.165) is 6.07 Å². The fourth-order valence-corrected chi connectivity index (χ4v) is 3.57. The Bertz CT molecular complexity index is 1380. The Balaban J connectivity index is 1.76. The number of carbonyl (C=O) groups is 1. The highest BCUT2D eigenvalue weighted by atomic mass is 19.4. The van der Waals surface area contributed by atoms with E-state index in [0.29, 0.717) is 18.1 Å². The molecule has 0 atom stereocenters. The summed E-state index contributed by atoms with van der Waals surface area (Å²) in [5, 5.41) is 12.2. The first-order chi connectivity index (χ1) is 16.4. The smallest absolute Gasteiger partial charge is 0.416 e. The number of ether oxygens (including phenoxy) is 1. The first-order valence-corrected chi connectivity index (χ1v) is 10.2. The van der Waals surface area contributed by atoms with Gasteiger partial charge < -0.3 is 19.7 Å². The average molecular weight is 491 g/mol. The Kier molecular flexibility index (Phi) is 6.10. The van der Waals surface area contributed by atoms with E-state index in [9.17, 15) is 31.9 Å². The molecule has 3 aromatic carbocycles. The molecule has 182 valence electrons. The van der Waals surface area contributed by atoms with Gasteiger partial charge in [0.25, 0.3) is 0 Å². The van der Waals surface area contributed by atoms with Crippen LogP contribution in [0.25, 0.3) is 11.0 Å². The van der Waals surface area contributed by atoms with Crippen LogP contribution in [0.1, 0.15) is 28.4 Å². The number of rotatable bonds is 7. The van der Waals surface area contributed by atoms with Crippen LogP contribution in [0.5, 0.6) is 5.75 Å². The first kappa shape index (κ1) is 24.0. The molecule has 0 aliphatic heterocycles. The number of hydrogen-bond donors (Lipinski definition) is 2. The Labute approximate surface area is 195 Å². The van der Waals surface area contributed by atoms with Crippen LogP contribution in [0.2, 0.25) is 0 Å². The molecular formula is C24H18F5N3O3. The monoisotopic (exact) mass is 491 g/mol. The van der Waals surface area contributed by atoms with Crippen molar-refractivity contribution in [1.82, 2.24) is 9.55 Å². The summed E-state index contributed by atoms with van der Waals surface area (Å²) in [6.07, 6.45) is -7.94. The number of benzene rings is 3. The van der Waals surface area contributed by atoms with Gasteiger partial charge in [0.15, 0.2) is 0 Å². The Morgan fingerprint density at radius 2 is 1.71 bits per heavy atom. The van der Waals surface area contributed by atoms with Crippen molar-refractivity contribution in [3.8, 4) is 5.75 Å². The van der Waals surface area contributed by atoms with Gasteiger partial charge in [-0.15, -0.1) is 0 Å². The summed E-state index contributed by atoms with van der Waals surface area (Å²) < 4.78 is 72.8. The highest BCUT2D eigenvalue weighted by Gasteiger charge is 2.33. The molecule has 35 heavy (non-hydrogen) atoms. The number of aromatic nitrogens is 2. The third-order valence-corrected chi connectivity index (χ3v) is 5.05. The molecule has 6 nitrogen and oxygen atoms in total. The van der Waals surface area contributed by atoms with Crippen molar-refractivity contribution in [2.45, 2.75) is 25.8 Å². The average Bonchev–Trinajstić information content (AvgIpc) is 3.10. The highest BCUT2D eigenvalue weighted by molar-refractivity contribution is 5.93. The van der Waals surface area contributed by atoms with Crippen molar-refractivity contribution in [2.24, 2.45) is 0 Å². The minimum atomic E-state index is -4.58. The molecule has 2 N–H and O–H groups in total. The topological polar surface area (TPSA) is 76.4 Å². The minimum absolute atomic E-state index is 0.0152. The number of carboxylic acid groups (broad SMARTS) is 1. The SMILES string of the molecule is CC(F)(F)Oc1ccc(Nc2nc3cc(C(=O)O)ccc3n2Cc2ccccc2C(F)(F)F)cc1. The summed E-state index contributed by atoms with van der Waals surface area (Å²) in [5.74, 6) is -1.13. The van der Waals surface area contributed by atoms with Crippen molar-refractivity contribution in [1.29, 1.82) is 0 Å². The Hall–Kier alpha value is -4.15. The lowest BCUT2D eigenvalue weighted by molar-refractivity contribution is -0.159. The fraction of sp³-hybridized carbons (Fsp3) is 0.167. The van der Waals surface area contributed by atoms with Crippen molar-refractivity contribution in [2.75, 3.05) is 5.32 Å². The number of nitrogens with one attached hydrogen (secondary N) is 1. The molecule has 0 saturated heterocycles. The van der Waals surface area contributed by atoms with Gasteiger partial charge in [0.1, 0.15) is 5.75 Å². The zero-order valence-electron chi connectivity index (χ0n) is 18.1. The van der Waals surface area contributed by atoms with E-state index in [4.69, 9.17) is 0 Å². The molecule has 4 rings (SSSR count). The van der Waals surface area contributed by atoms with Crippen LogP contribution in [0.15, 0.2) is 66.7 Å². The Morgan fingerprint density at radius 3 is 2.34 bits per heavy atom. The third kappa shape index (κ3) is 5.51. The maximum Gasteiger partial charge on any atom is 0.416 e. The van der Waals surface area contributed by atoms with Crippen molar-refractivity contribution < 1.29 is 36.6 Å². The second kappa shape index (κ2) is 8.90. The summed E-state index contributed by atoms with van der Waals surface area (Å²) in [4.78, 5) is 15.7. The van der Waals surface area contributed by atoms with Crippen LogP contribution >= 0.6 is 0 Å². The number of halogens is 5. The van der Waals surface area contributed by atoms with Gasteiger partial charge in [-0.25, -0.2) is 9.78 Å². The van der Waals surface area contributed by atoms with E-state index in [2.05, 4.69) is 15.0 Å². The summed E-state index contributed by atoms with van der Waals surface area (Å²) in [6, 6.07) is 14.7. The van der Waals surface area contributed by atoms with Crippen LogP contribution in [0.4, 0.5) is 33.6 Å². The zero-order valence-corrected chi connectivity index (χ0v) is 18.1. The molecule has 0 radical (unpaired) electrons. The molecule has 0 saturated carbocycles. The van der Waals surface area contributed by atoms with Gasteiger partial charge in [-0.05, 0) is 54.1 Å². The van der Waals surface area contributed by atoms with Crippen LogP contribution in [-0.2, 0) is 12.7 Å². The van der Waals surface area contributed by atoms with Crippen LogP contribution in [-0.4, -0.2) is 26.7 Å². The van der Waals surface area contributed by atoms with Gasteiger partial charge in [0, 0.05) is 12.6 Å². The van der Waals surface area contributed by atoms with E-state index >= 15 is 0 Å². The van der Waals surface area contributed by atoms with Gasteiger partial charge >= 0.3 is 18.3 Å². The molecule has 11 heteroatoms. The van der Waals surface area contributed by atoms with Crippen LogP contribution in [0, 0.1) is 0 Å². The van der Waals surface area contributed by atoms with Crippen molar-refractivity contribution >= 4 is 28.6 Å². The predicted octanol–water partition coefficient (Wildman–Crippen LogP) is 6.54. The number of alkyl halides is 5. The van der Waals surface area contributed by atoms with Gasteiger partial charge in [-0.3, -0.25) is 0 Å². The normalized spacial score (nSPS) is 12.1. The molecule has 0 spiro atoms. The Morgan fingerprint density at radius 1 is 1.03 bits per heavy atom. The minimum Gasteiger partial charge on any atom is -0.478 e.